The van der Waals surface area contributed by atoms with Crippen LogP contribution in [0.1, 0.15) is 24.7 Å². The highest BCUT2D eigenvalue weighted by molar-refractivity contribution is 5.86. The molecule has 31 heavy (non-hydrogen) atoms. The van der Waals surface area contributed by atoms with Crippen molar-refractivity contribution in [2.75, 3.05) is 32.2 Å². The van der Waals surface area contributed by atoms with Crippen LogP contribution >= 0.6 is 0 Å². The zero-order valence-electron chi connectivity index (χ0n) is 17.6. The minimum atomic E-state index is 0.248. The smallest absolute Gasteiger partial charge is 0.230 e. The summed E-state index contributed by atoms with van der Waals surface area (Å²) in [4.78, 5) is 11.8. The average Bonchev–Trinajstić information content (AvgIpc) is 3.34. The van der Waals surface area contributed by atoms with Gasteiger partial charge in [-0.05, 0) is 43.2 Å². The van der Waals surface area contributed by atoms with Gasteiger partial charge >= 0.3 is 0 Å². The largest absolute Gasteiger partial charge is 0.497 e. The van der Waals surface area contributed by atoms with Gasteiger partial charge in [-0.2, -0.15) is 4.98 Å². The lowest BCUT2D eigenvalue weighted by Gasteiger charge is -2.31. The SMILES string of the molecule is COc1cccc(-c2noc(C3CCN(c4ccc5cccc(OC)c5n4)CC3)n2)c1. The van der Waals surface area contributed by atoms with Crippen molar-refractivity contribution in [2.45, 2.75) is 18.8 Å². The lowest BCUT2D eigenvalue weighted by molar-refractivity contribution is 0.329. The van der Waals surface area contributed by atoms with Gasteiger partial charge in [-0.25, -0.2) is 4.98 Å². The van der Waals surface area contributed by atoms with Crippen LogP contribution < -0.4 is 14.4 Å². The lowest BCUT2D eigenvalue weighted by Crippen LogP contribution is -2.33. The molecule has 1 aliphatic heterocycles. The predicted octanol–water partition coefficient (Wildman–Crippen LogP) is 4.69. The number of anilines is 1. The number of ether oxygens (including phenoxy) is 2. The number of pyridine rings is 1. The summed E-state index contributed by atoms with van der Waals surface area (Å²) in [6, 6.07) is 17.9. The Bertz CT molecular complexity index is 1200. The first-order chi connectivity index (χ1) is 15.2. The maximum Gasteiger partial charge on any atom is 0.230 e. The topological polar surface area (TPSA) is 73.5 Å². The first kappa shape index (κ1) is 19.4. The Morgan fingerprint density at radius 1 is 0.935 bits per heavy atom. The molecular weight excluding hydrogens is 392 g/mol. The number of rotatable bonds is 5. The molecule has 158 valence electrons. The summed E-state index contributed by atoms with van der Waals surface area (Å²) in [5.41, 5.74) is 1.78. The number of aromatic nitrogens is 3. The van der Waals surface area contributed by atoms with Crippen LogP contribution in [-0.4, -0.2) is 42.4 Å². The molecule has 0 bridgehead atoms. The molecule has 0 unspecified atom stereocenters. The van der Waals surface area contributed by atoms with E-state index in [2.05, 4.69) is 33.2 Å². The van der Waals surface area contributed by atoms with E-state index in [4.69, 9.17) is 19.0 Å². The van der Waals surface area contributed by atoms with Gasteiger partial charge in [-0.15, -0.1) is 0 Å². The van der Waals surface area contributed by atoms with Gasteiger partial charge in [-0.1, -0.05) is 29.4 Å². The molecular formula is C24H24N4O3. The fraction of sp³-hybridized carbons (Fsp3) is 0.292. The number of nitrogens with zero attached hydrogens (tertiary/aromatic N) is 4. The molecule has 0 atom stereocenters. The summed E-state index contributed by atoms with van der Waals surface area (Å²) in [6.07, 6.45) is 1.87. The Kier molecular flexibility index (Phi) is 5.16. The summed E-state index contributed by atoms with van der Waals surface area (Å²) in [7, 11) is 3.33. The van der Waals surface area contributed by atoms with Crippen molar-refractivity contribution in [3.8, 4) is 22.9 Å². The van der Waals surface area contributed by atoms with Crippen LogP contribution in [0.5, 0.6) is 11.5 Å². The third-order valence-corrected chi connectivity index (χ3v) is 5.83. The highest BCUT2D eigenvalue weighted by atomic mass is 16.5. The van der Waals surface area contributed by atoms with Crippen LogP contribution in [0, 0.1) is 0 Å². The van der Waals surface area contributed by atoms with Gasteiger partial charge < -0.3 is 18.9 Å². The van der Waals surface area contributed by atoms with E-state index in [0.29, 0.717) is 11.7 Å². The van der Waals surface area contributed by atoms with Gasteiger partial charge in [0.2, 0.25) is 11.7 Å². The van der Waals surface area contributed by atoms with Crippen molar-refractivity contribution in [1.82, 2.24) is 15.1 Å². The molecule has 0 radical (unpaired) electrons. The molecule has 0 N–H and O–H groups in total. The van der Waals surface area contributed by atoms with Crippen LogP contribution in [-0.2, 0) is 0 Å². The Balaban J connectivity index is 1.30. The highest BCUT2D eigenvalue weighted by Crippen LogP contribution is 2.32. The zero-order chi connectivity index (χ0) is 21.2. The minimum absolute atomic E-state index is 0.248. The van der Waals surface area contributed by atoms with E-state index >= 15 is 0 Å². The third-order valence-electron chi connectivity index (χ3n) is 5.83. The van der Waals surface area contributed by atoms with Gasteiger partial charge in [0.15, 0.2) is 0 Å². The van der Waals surface area contributed by atoms with Crippen molar-refractivity contribution in [1.29, 1.82) is 0 Å². The molecule has 5 rings (SSSR count). The van der Waals surface area contributed by atoms with Gasteiger partial charge in [0.25, 0.3) is 0 Å². The Morgan fingerprint density at radius 3 is 2.58 bits per heavy atom. The molecule has 1 fully saturated rings. The van der Waals surface area contributed by atoms with E-state index in [-0.39, 0.29) is 5.92 Å². The van der Waals surface area contributed by atoms with Crippen LogP contribution in [0.4, 0.5) is 5.82 Å². The van der Waals surface area contributed by atoms with E-state index in [1.807, 2.05) is 36.4 Å². The number of piperidine rings is 1. The molecule has 0 amide bonds. The molecule has 0 aliphatic carbocycles. The molecule has 0 saturated carbocycles. The molecule has 0 spiro atoms. The van der Waals surface area contributed by atoms with Gasteiger partial charge in [0.1, 0.15) is 22.8 Å². The summed E-state index contributed by atoms with van der Waals surface area (Å²) in [5.74, 6) is 4.09. The quantitative estimate of drug-likeness (QED) is 0.467. The molecule has 3 heterocycles. The Morgan fingerprint density at radius 2 is 1.77 bits per heavy atom. The van der Waals surface area contributed by atoms with Gasteiger partial charge in [-0.3, -0.25) is 0 Å². The monoisotopic (exact) mass is 416 g/mol. The molecule has 2 aromatic heterocycles. The van der Waals surface area contributed by atoms with E-state index in [1.54, 1.807) is 14.2 Å². The van der Waals surface area contributed by atoms with E-state index < -0.39 is 0 Å². The Labute approximate surface area is 180 Å². The normalized spacial score (nSPS) is 14.7. The second-order valence-corrected chi connectivity index (χ2v) is 7.65. The minimum Gasteiger partial charge on any atom is -0.497 e. The first-order valence-corrected chi connectivity index (χ1v) is 10.4. The number of fused-ring (bicyclic) bond motifs is 1. The summed E-state index contributed by atoms with van der Waals surface area (Å²) in [6.45, 7) is 1.77. The van der Waals surface area contributed by atoms with Gasteiger partial charge in [0, 0.05) is 30.0 Å². The molecule has 7 heteroatoms. The maximum atomic E-state index is 5.61. The highest BCUT2D eigenvalue weighted by Gasteiger charge is 2.26. The Hall–Kier alpha value is -3.61. The van der Waals surface area contributed by atoms with Crippen molar-refractivity contribution < 1.29 is 14.0 Å². The maximum absolute atomic E-state index is 5.61. The van der Waals surface area contributed by atoms with E-state index in [0.717, 1.165) is 59.7 Å². The lowest BCUT2D eigenvalue weighted by atomic mass is 9.96. The fourth-order valence-electron chi connectivity index (χ4n) is 4.09. The van der Waals surface area contributed by atoms with Crippen molar-refractivity contribution in [2.24, 2.45) is 0 Å². The number of hydrogen-bond donors (Lipinski definition) is 0. The van der Waals surface area contributed by atoms with Gasteiger partial charge in [0.05, 0.1) is 14.2 Å². The van der Waals surface area contributed by atoms with Crippen LogP contribution in [0.2, 0.25) is 0 Å². The molecule has 1 aliphatic rings. The standard InChI is InChI=1S/C24H24N4O3/c1-29-19-7-3-6-18(15-19)23-26-24(31-27-23)17-11-13-28(14-12-17)21-10-9-16-5-4-8-20(30-2)22(16)25-21/h3-10,15,17H,11-14H2,1-2H3. The van der Waals surface area contributed by atoms with Crippen molar-refractivity contribution in [3.05, 3.63) is 60.5 Å². The van der Waals surface area contributed by atoms with Crippen LogP contribution in [0.15, 0.2) is 59.1 Å². The number of para-hydroxylation sites is 1. The van der Waals surface area contributed by atoms with Crippen LogP contribution in [0.25, 0.3) is 22.3 Å². The number of methoxy groups -OCH3 is 2. The summed E-state index contributed by atoms with van der Waals surface area (Å²) < 4.78 is 16.4. The zero-order valence-corrected chi connectivity index (χ0v) is 17.6. The number of hydrogen-bond acceptors (Lipinski definition) is 7. The third kappa shape index (κ3) is 3.79. The average molecular weight is 416 g/mol. The van der Waals surface area contributed by atoms with E-state index in [1.165, 1.54) is 0 Å². The van der Waals surface area contributed by atoms with Crippen LogP contribution in [0.3, 0.4) is 0 Å². The summed E-state index contributed by atoms with van der Waals surface area (Å²) >= 11 is 0. The molecule has 7 nitrogen and oxygen atoms in total. The molecule has 2 aromatic carbocycles. The second kappa shape index (κ2) is 8.26. The second-order valence-electron chi connectivity index (χ2n) is 7.65. The molecule has 1 saturated heterocycles. The predicted molar refractivity (Wildman–Crippen MR) is 119 cm³/mol. The first-order valence-electron chi connectivity index (χ1n) is 10.4. The van der Waals surface area contributed by atoms with Crippen molar-refractivity contribution >= 4 is 16.7 Å². The fourth-order valence-corrected chi connectivity index (χ4v) is 4.09. The molecule has 4 aromatic rings. The number of benzene rings is 2. The van der Waals surface area contributed by atoms with Crippen molar-refractivity contribution in [3.63, 3.8) is 0 Å². The van der Waals surface area contributed by atoms with E-state index in [9.17, 15) is 0 Å². The summed E-state index contributed by atoms with van der Waals surface area (Å²) in [5, 5.41) is 5.26.